The fourth-order valence-corrected chi connectivity index (χ4v) is 3.24. The summed E-state index contributed by atoms with van der Waals surface area (Å²) in [5.74, 6) is 2.04. The third-order valence-corrected chi connectivity index (χ3v) is 4.76. The Morgan fingerprint density at radius 2 is 1.83 bits per heavy atom. The van der Waals surface area contributed by atoms with Gasteiger partial charge in [-0.05, 0) is 55.3 Å². The van der Waals surface area contributed by atoms with Gasteiger partial charge in [0.25, 0.3) is 0 Å². The molecule has 2 heterocycles. The highest BCUT2D eigenvalue weighted by molar-refractivity contribution is 6.15. The van der Waals surface area contributed by atoms with Crippen molar-refractivity contribution >= 4 is 17.8 Å². The van der Waals surface area contributed by atoms with Crippen LogP contribution in [0.25, 0.3) is 6.08 Å². The van der Waals surface area contributed by atoms with Crippen LogP contribution in [0.15, 0.2) is 58.7 Å². The normalized spacial score (nSPS) is 13.8. The van der Waals surface area contributed by atoms with Gasteiger partial charge in [0.1, 0.15) is 29.6 Å². The van der Waals surface area contributed by atoms with E-state index in [-0.39, 0.29) is 17.5 Å². The van der Waals surface area contributed by atoms with E-state index in [0.29, 0.717) is 35.0 Å². The number of carbonyl (C=O) groups excluding carboxylic acids is 2. The van der Waals surface area contributed by atoms with Crippen molar-refractivity contribution in [3.63, 3.8) is 0 Å². The number of methoxy groups -OCH3 is 1. The first kappa shape index (κ1) is 19.5. The van der Waals surface area contributed by atoms with Crippen LogP contribution in [0.4, 0.5) is 0 Å². The molecule has 30 heavy (non-hydrogen) atoms. The number of ketones is 1. The van der Waals surface area contributed by atoms with E-state index in [0.717, 1.165) is 16.9 Å². The molecule has 1 aliphatic rings. The van der Waals surface area contributed by atoms with Gasteiger partial charge in [0.15, 0.2) is 5.76 Å². The highest BCUT2D eigenvalue weighted by Gasteiger charge is 2.30. The lowest BCUT2D eigenvalue weighted by Gasteiger charge is -2.09. The summed E-state index contributed by atoms with van der Waals surface area (Å²) < 4.78 is 21.8. The second kappa shape index (κ2) is 7.91. The molecule has 2 aromatic carbocycles. The van der Waals surface area contributed by atoms with Gasteiger partial charge < -0.3 is 18.6 Å². The molecule has 0 unspecified atom stereocenters. The molecule has 0 atom stereocenters. The summed E-state index contributed by atoms with van der Waals surface area (Å²) in [5.41, 5.74) is 2.67. The number of hydrogen-bond donors (Lipinski definition) is 0. The number of esters is 1. The van der Waals surface area contributed by atoms with Crippen LogP contribution in [0.5, 0.6) is 11.5 Å². The van der Waals surface area contributed by atoms with Gasteiger partial charge in [-0.25, -0.2) is 4.79 Å². The molecule has 0 spiro atoms. The summed E-state index contributed by atoms with van der Waals surface area (Å²) in [6.45, 7) is 3.99. The molecular formula is C24H20O6. The van der Waals surface area contributed by atoms with Crippen LogP contribution in [0.3, 0.4) is 0 Å². The first-order valence-electron chi connectivity index (χ1n) is 9.40. The van der Waals surface area contributed by atoms with Gasteiger partial charge in [-0.3, -0.25) is 4.79 Å². The Kier molecular flexibility index (Phi) is 5.14. The lowest BCUT2D eigenvalue weighted by molar-refractivity contribution is 0.0600. The summed E-state index contributed by atoms with van der Waals surface area (Å²) in [7, 11) is 1.35. The fraction of sp³-hybridized carbons (Fsp3) is 0.167. The Labute approximate surface area is 173 Å². The molecule has 6 nitrogen and oxygen atoms in total. The smallest absolute Gasteiger partial charge is 0.337 e. The van der Waals surface area contributed by atoms with Gasteiger partial charge in [0.2, 0.25) is 5.78 Å². The minimum Gasteiger partial charge on any atom is -0.489 e. The summed E-state index contributed by atoms with van der Waals surface area (Å²) in [6, 6.07) is 14.1. The molecule has 0 bridgehead atoms. The number of carbonyl (C=O) groups is 2. The number of furan rings is 1. The Morgan fingerprint density at radius 1 is 1.07 bits per heavy atom. The second-order valence-electron chi connectivity index (χ2n) is 6.98. The molecule has 3 aromatic rings. The zero-order valence-corrected chi connectivity index (χ0v) is 16.9. The topological polar surface area (TPSA) is 75.0 Å². The van der Waals surface area contributed by atoms with Crippen molar-refractivity contribution in [1.29, 1.82) is 0 Å². The SMILES string of the molecule is COC(=O)c1ccc(COc2cc(C)c3c(c2)O/C(=C\c2ccc(C)o2)C3=O)cc1. The molecule has 0 aliphatic carbocycles. The van der Waals surface area contributed by atoms with Gasteiger partial charge in [0.05, 0.1) is 18.2 Å². The molecule has 6 heteroatoms. The van der Waals surface area contributed by atoms with Gasteiger partial charge in [-0.2, -0.15) is 0 Å². The van der Waals surface area contributed by atoms with Crippen molar-refractivity contribution in [3.05, 3.63) is 88.1 Å². The van der Waals surface area contributed by atoms with Crippen LogP contribution in [0, 0.1) is 13.8 Å². The van der Waals surface area contributed by atoms with E-state index in [2.05, 4.69) is 0 Å². The Bertz CT molecular complexity index is 1150. The number of Topliss-reactive ketones (excluding diaryl/α,β-unsaturated/α-hetero) is 1. The van der Waals surface area contributed by atoms with Crippen molar-refractivity contribution in [2.45, 2.75) is 20.5 Å². The van der Waals surface area contributed by atoms with E-state index in [1.165, 1.54) is 7.11 Å². The summed E-state index contributed by atoms with van der Waals surface area (Å²) in [4.78, 5) is 24.2. The van der Waals surface area contributed by atoms with Crippen molar-refractivity contribution in [2.24, 2.45) is 0 Å². The average Bonchev–Trinajstić information content (AvgIpc) is 3.29. The molecule has 0 amide bonds. The monoisotopic (exact) mass is 404 g/mol. The van der Waals surface area contributed by atoms with Gasteiger partial charge in [-0.15, -0.1) is 0 Å². The maximum atomic E-state index is 12.7. The van der Waals surface area contributed by atoms with Crippen LogP contribution in [0.2, 0.25) is 0 Å². The summed E-state index contributed by atoms with van der Waals surface area (Å²) >= 11 is 0. The van der Waals surface area contributed by atoms with Gasteiger partial charge >= 0.3 is 5.97 Å². The number of ether oxygens (including phenoxy) is 3. The fourth-order valence-electron chi connectivity index (χ4n) is 3.24. The predicted octanol–water partition coefficient (Wildman–Crippen LogP) is 4.88. The molecule has 1 aromatic heterocycles. The summed E-state index contributed by atoms with van der Waals surface area (Å²) in [6.07, 6.45) is 1.60. The van der Waals surface area contributed by atoms with Crippen LogP contribution >= 0.6 is 0 Å². The van der Waals surface area contributed by atoms with Crippen molar-refractivity contribution in [2.75, 3.05) is 7.11 Å². The van der Waals surface area contributed by atoms with Crippen molar-refractivity contribution < 1.29 is 28.2 Å². The number of hydrogen-bond acceptors (Lipinski definition) is 6. The molecular weight excluding hydrogens is 384 g/mol. The van der Waals surface area contributed by atoms with E-state index in [1.807, 2.05) is 26.0 Å². The van der Waals surface area contributed by atoms with Crippen LogP contribution in [-0.2, 0) is 11.3 Å². The molecule has 4 rings (SSSR count). The molecule has 0 N–H and O–H groups in total. The Hall–Kier alpha value is -3.80. The number of aryl methyl sites for hydroxylation is 2. The molecule has 0 saturated heterocycles. The van der Waals surface area contributed by atoms with E-state index in [9.17, 15) is 9.59 Å². The number of fused-ring (bicyclic) bond motifs is 1. The molecule has 0 radical (unpaired) electrons. The third-order valence-electron chi connectivity index (χ3n) is 4.76. The van der Waals surface area contributed by atoms with Gasteiger partial charge in [-0.1, -0.05) is 12.1 Å². The quantitative estimate of drug-likeness (QED) is 0.446. The molecule has 0 fully saturated rings. The zero-order valence-electron chi connectivity index (χ0n) is 16.9. The van der Waals surface area contributed by atoms with Crippen LogP contribution < -0.4 is 9.47 Å². The first-order chi connectivity index (χ1) is 14.4. The van der Waals surface area contributed by atoms with E-state index >= 15 is 0 Å². The second-order valence-corrected chi connectivity index (χ2v) is 6.98. The lowest BCUT2D eigenvalue weighted by Crippen LogP contribution is -2.02. The predicted molar refractivity (Wildman–Crippen MR) is 110 cm³/mol. The average molecular weight is 404 g/mol. The Balaban J connectivity index is 1.50. The van der Waals surface area contributed by atoms with E-state index in [4.69, 9.17) is 18.6 Å². The largest absolute Gasteiger partial charge is 0.489 e. The van der Waals surface area contributed by atoms with Crippen molar-refractivity contribution in [1.82, 2.24) is 0 Å². The minimum absolute atomic E-state index is 0.179. The Morgan fingerprint density at radius 3 is 2.50 bits per heavy atom. The minimum atomic E-state index is -0.382. The number of rotatable bonds is 5. The number of benzene rings is 2. The highest BCUT2D eigenvalue weighted by Crippen LogP contribution is 2.37. The first-order valence-corrected chi connectivity index (χ1v) is 9.40. The van der Waals surface area contributed by atoms with Crippen LogP contribution in [0.1, 0.15) is 43.4 Å². The summed E-state index contributed by atoms with van der Waals surface area (Å²) in [5, 5.41) is 0. The van der Waals surface area contributed by atoms with E-state index in [1.54, 1.807) is 42.5 Å². The maximum Gasteiger partial charge on any atom is 0.337 e. The van der Waals surface area contributed by atoms with Gasteiger partial charge in [0, 0.05) is 12.1 Å². The molecule has 1 aliphatic heterocycles. The third kappa shape index (κ3) is 3.85. The van der Waals surface area contributed by atoms with Crippen LogP contribution in [-0.4, -0.2) is 18.9 Å². The number of allylic oxidation sites excluding steroid dienone is 1. The van der Waals surface area contributed by atoms with E-state index < -0.39 is 0 Å². The zero-order chi connectivity index (χ0) is 21.3. The molecule has 0 saturated carbocycles. The molecule has 152 valence electrons. The van der Waals surface area contributed by atoms with Crippen molar-refractivity contribution in [3.8, 4) is 11.5 Å². The highest BCUT2D eigenvalue weighted by atomic mass is 16.5. The standard InChI is InChI=1S/C24H20O6/c1-14-10-19(28-13-16-5-7-17(8-6-16)24(26)27-3)12-20-22(14)23(25)21(30-20)11-18-9-4-15(2)29-18/h4-12H,13H2,1-3H3/b21-11-. The maximum absolute atomic E-state index is 12.7. The lowest BCUT2D eigenvalue weighted by atomic mass is 10.0.